The molecule has 2 rings (SSSR count). The van der Waals surface area contributed by atoms with Gasteiger partial charge in [-0.15, -0.1) is 0 Å². The third-order valence-corrected chi connectivity index (χ3v) is 6.00. The molecule has 1 aliphatic rings. The van der Waals surface area contributed by atoms with Gasteiger partial charge in [0.25, 0.3) is 0 Å². The molecule has 1 atom stereocenters. The van der Waals surface area contributed by atoms with Crippen LogP contribution in [-0.4, -0.2) is 38.0 Å². The Hall–Kier alpha value is -0.820. The highest BCUT2D eigenvalue weighted by Gasteiger charge is 2.34. The van der Waals surface area contributed by atoms with E-state index in [2.05, 4.69) is 6.92 Å². The molecule has 1 unspecified atom stereocenters. The molecule has 0 spiro atoms. The average Bonchev–Trinajstić information content (AvgIpc) is 2.95. The first-order chi connectivity index (χ1) is 9.93. The second-order valence-corrected chi connectivity index (χ2v) is 7.52. The first kappa shape index (κ1) is 16.5. The number of methoxy groups -OCH3 is 1. The Kier molecular flexibility index (Phi) is 5.14. The molecule has 118 valence electrons. The Morgan fingerprint density at radius 3 is 2.71 bits per heavy atom. The summed E-state index contributed by atoms with van der Waals surface area (Å²) in [5.41, 5.74) is 0.370. The lowest BCUT2D eigenvalue weighted by atomic mass is 10.1. The molecule has 0 radical (unpaired) electrons. The van der Waals surface area contributed by atoms with Crippen molar-refractivity contribution >= 4 is 21.6 Å². The van der Waals surface area contributed by atoms with Crippen LogP contribution in [0.2, 0.25) is 5.02 Å². The lowest BCUT2D eigenvalue weighted by Crippen LogP contribution is -2.29. The summed E-state index contributed by atoms with van der Waals surface area (Å²) in [6.45, 7) is 2.75. The standard InChI is InChI=1S/C14H20ClNO4S/c1-3-10-4-5-16(8-10)21(18,19)13-7-12(15)6-11(9-17)14(13)20-2/h6-7,10,17H,3-5,8-9H2,1-2H3. The van der Waals surface area contributed by atoms with E-state index < -0.39 is 10.0 Å². The molecule has 0 bridgehead atoms. The van der Waals surface area contributed by atoms with Crippen molar-refractivity contribution in [2.45, 2.75) is 31.3 Å². The highest BCUT2D eigenvalue weighted by Crippen LogP contribution is 2.35. The quantitative estimate of drug-likeness (QED) is 0.897. The monoisotopic (exact) mass is 333 g/mol. The summed E-state index contributed by atoms with van der Waals surface area (Å²) in [5.74, 6) is 0.559. The van der Waals surface area contributed by atoms with Crippen molar-refractivity contribution in [2.75, 3.05) is 20.2 Å². The fourth-order valence-electron chi connectivity index (χ4n) is 2.65. The van der Waals surface area contributed by atoms with Crippen LogP contribution in [0.4, 0.5) is 0 Å². The number of nitrogens with zero attached hydrogens (tertiary/aromatic N) is 1. The number of aliphatic hydroxyl groups is 1. The maximum Gasteiger partial charge on any atom is 0.246 e. The first-order valence-corrected chi connectivity index (χ1v) is 8.73. The Labute approximate surface area is 130 Å². The lowest BCUT2D eigenvalue weighted by Gasteiger charge is -2.20. The first-order valence-electron chi connectivity index (χ1n) is 6.91. The van der Waals surface area contributed by atoms with E-state index in [0.29, 0.717) is 24.6 Å². The van der Waals surface area contributed by atoms with Crippen LogP contribution in [0, 0.1) is 5.92 Å². The minimum Gasteiger partial charge on any atom is -0.495 e. The largest absolute Gasteiger partial charge is 0.495 e. The second-order valence-electron chi connectivity index (χ2n) is 5.18. The summed E-state index contributed by atoms with van der Waals surface area (Å²) in [6, 6.07) is 2.90. The zero-order valence-corrected chi connectivity index (χ0v) is 13.7. The molecular formula is C14H20ClNO4S. The molecule has 1 fully saturated rings. The van der Waals surface area contributed by atoms with E-state index in [4.69, 9.17) is 16.3 Å². The van der Waals surface area contributed by atoms with E-state index >= 15 is 0 Å². The Bertz CT molecular complexity index is 618. The topological polar surface area (TPSA) is 66.8 Å². The fourth-order valence-corrected chi connectivity index (χ4v) is 4.71. The number of ether oxygens (including phenoxy) is 1. The molecule has 0 amide bonds. The summed E-state index contributed by atoms with van der Waals surface area (Å²) in [6.07, 6.45) is 1.83. The molecule has 1 aliphatic heterocycles. The molecule has 0 aromatic heterocycles. The van der Waals surface area contributed by atoms with Crippen molar-refractivity contribution in [2.24, 2.45) is 5.92 Å². The third kappa shape index (κ3) is 3.18. The van der Waals surface area contributed by atoms with E-state index in [1.807, 2.05) is 0 Å². The molecule has 21 heavy (non-hydrogen) atoms. The summed E-state index contributed by atoms with van der Waals surface area (Å²) in [5, 5.41) is 9.63. The van der Waals surface area contributed by atoms with Gasteiger partial charge in [-0.2, -0.15) is 4.31 Å². The predicted octanol–water partition coefficient (Wildman–Crippen LogP) is 2.26. The van der Waals surface area contributed by atoms with Crippen LogP contribution in [0.1, 0.15) is 25.3 Å². The fraction of sp³-hybridized carbons (Fsp3) is 0.571. The molecule has 0 aliphatic carbocycles. The van der Waals surface area contributed by atoms with Gasteiger partial charge in [0.05, 0.1) is 13.7 Å². The van der Waals surface area contributed by atoms with E-state index in [1.165, 1.54) is 23.5 Å². The van der Waals surface area contributed by atoms with Gasteiger partial charge in [0.2, 0.25) is 10.0 Å². The summed E-state index contributed by atoms with van der Waals surface area (Å²) in [4.78, 5) is 0.0262. The third-order valence-electron chi connectivity index (χ3n) is 3.91. The van der Waals surface area contributed by atoms with Crippen LogP contribution in [0.3, 0.4) is 0 Å². The summed E-state index contributed by atoms with van der Waals surface area (Å²) in [7, 11) is -2.28. The number of sulfonamides is 1. The van der Waals surface area contributed by atoms with Gasteiger partial charge in [0.1, 0.15) is 10.6 Å². The number of aliphatic hydroxyl groups excluding tert-OH is 1. The van der Waals surface area contributed by atoms with Crippen molar-refractivity contribution in [1.29, 1.82) is 0 Å². The predicted molar refractivity (Wildman–Crippen MR) is 81.1 cm³/mol. The SMILES string of the molecule is CCC1CCN(S(=O)(=O)c2cc(Cl)cc(CO)c2OC)C1. The van der Waals surface area contributed by atoms with Gasteiger partial charge in [-0.1, -0.05) is 24.9 Å². The highest BCUT2D eigenvalue weighted by atomic mass is 35.5. The van der Waals surface area contributed by atoms with Gasteiger partial charge >= 0.3 is 0 Å². The number of hydrogen-bond acceptors (Lipinski definition) is 4. The number of halogens is 1. The van der Waals surface area contributed by atoms with Crippen LogP contribution in [0.5, 0.6) is 5.75 Å². The Morgan fingerprint density at radius 2 is 2.19 bits per heavy atom. The van der Waals surface area contributed by atoms with Gasteiger partial charge in [0, 0.05) is 23.7 Å². The van der Waals surface area contributed by atoms with Crippen molar-refractivity contribution < 1.29 is 18.3 Å². The van der Waals surface area contributed by atoms with Crippen LogP contribution < -0.4 is 4.74 Å². The molecule has 1 saturated heterocycles. The molecule has 1 aromatic carbocycles. The molecular weight excluding hydrogens is 314 g/mol. The maximum atomic E-state index is 12.8. The van der Waals surface area contributed by atoms with Crippen LogP contribution in [0.15, 0.2) is 17.0 Å². The average molecular weight is 334 g/mol. The van der Waals surface area contributed by atoms with E-state index in [9.17, 15) is 13.5 Å². The molecule has 1 N–H and O–H groups in total. The zero-order valence-electron chi connectivity index (χ0n) is 12.2. The second kappa shape index (κ2) is 6.52. The molecule has 0 saturated carbocycles. The summed E-state index contributed by atoms with van der Waals surface area (Å²) >= 11 is 5.98. The van der Waals surface area contributed by atoms with Gasteiger partial charge < -0.3 is 9.84 Å². The molecule has 5 nitrogen and oxygen atoms in total. The van der Waals surface area contributed by atoms with Crippen LogP contribution >= 0.6 is 11.6 Å². The number of benzene rings is 1. The molecule has 1 aromatic rings. The van der Waals surface area contributed by atoms with Crippen molar-refractivity contribution in [3.8, 4) is 5.75 Å². The van der Waals surface area contributed by atoms with Gasteiger partial charge in [-0.05, 0) is 24.5 Å². The van der Waals surface area contributed by atoms with Crippen molar-refractivity contribution in [3.63, 3.8) is 0 Å². The van der Waals surface area contributed by atoms with Crippen molar-refractivity contribution in [3.05, 3.63) is 22.7 Å². The normalized spacial score (nSPS) is 19.9. The minimum absolute atomic E-state index is 0.0262. The smallest absolute Gasteiger partial charge is 0.246 e. The van der Waals surface area contributed by atoms with Crippen LogP contribution in [0.25, 0.3) is 0 Å². The van der Waals surface area contributed by atoms with E-state index in [-0.39, 0.29) is 22.3 Å². The Morgan fingerprint density at radius 1 is 1.48 bits per heavy atom. The van der Waals surface area contributed by atoms with Crippen LogP contribution in [-0.2, 0) is 16.6 Å². The summed E-state index contributed by atoms with van der Waals surface area (Å²) < 4.78 is 32.3. The number of hydrogen-bond donors (Lipinski definition) is 1. The zero-order chi connectivity index (χ0) is 15.6. The van der Waals surface area contributed by atoms with E-state index in [0.717, 1.165) is 12.8 Å². The maximum absolute atomic E-state index is 12.8. The lowest BCUT2D eigenvalue weighted by molar-refractivity contribution is 0.272. The van der Waals surface area contributed by atoms with Gasteiger partial charge in [-0.25, -0.2) is 8.42 Å². The van der Waals surface area contributed by atoms with Gasteiger partial charge in [0.15, 0.2) is 0 Å². The number of rotatable bonds is 5. The van der Waals surface area contributed by atoms with Gasteiger partial charge in [-0.3, -0.25) is 0 Å². The van der Waals surface area contributed by atoms with E-state index in [1.54, 1.807) is 0 Å². The highest BCUT2D eigenvalue weighted by molar-refractivity contribution is 7.89. The van der Waals surface area contributed by atoms with Crippen molar-refractivity contribution in [1.82, 2.24) is 4.31 Å². The minimum atomic E-state index is -3.67. The molecule has 1 heterocycles. The molecule has 7 heteroatoms. The Balaban J connectivity index is 2.47.